The van der Waals surface area contributed by atoms with Gasteiger partial charge in [0.1, 0.15) is 11.4 Å². The number of halogens is 2. The van der Waals surface area contributed by atoms with Crippen molar-refractivity contribution in [2.24, 2.45) is 14.1 Å². The maximum absolute atomic E-state index is 15.0. The average molecular weight is 713 g/mol. The Bertz CT molecular complexity index is 2340. The summed E-state index contributed by atoms with van der Waals surface area (Å²) >= 11 is 13.3. The van der Waals surface area contributed by atoms with Gasteiger partial charge >= 0.3 is 5.97 Å². The molecule has 0 radical (unpaired) electrons. The molecule has 4 heterocycles. The summed E-state index contributed by atoms with van der Waals surface area (Å²) in [6.45, 7) is 9.42. The highest BCUT2D eigenvalue weighted by atomic mass is 35.5. The van der Waals surface area contributed by atoms with Crippen LogP contribution >= 0.6 is 23.2 Å². The van der Waals surface area contributed by atoms with E-state index in [2.05, 4.69) is 4.57 Å². The highest BCUT2D eigenvalue weighted by Gasteiger charge is 2.33. The predicted molar refractivity (Wildman–Crippen MR) is 200 cm³/mol. The third-order valence-electron chi connectivity index (χ3n) is 9.98. The first-order chi connectivity index (χ1) is 23.8. The molecule has 258 valence electrons. The zero-order valence-electron chi connectivity index (χ0n) is 29.0. The van der Waals surface area contributed by atoms with Crippen molar-refractivity contribution >= 4 is 62.6 Å². The topological polar surface area (TPSA) is 94.5 Å². The van der Waals surface area contributed by atoms with Crippen LogP contribution in [0.15, 0.2) is 48.7 Å². The van der Waals surface area contributed by atoms with Gasteiger partial charge < -0.3 is 23.9 Å². The van der Waals surface area contributed by atoms with Gasteiger partial charge in [0.2, 0.25) is 0 Å². The molecule has 1 N–H and O–H groups in total. The second-order valence-electron chi connectivity index (χ2n) is 13.3. The van der Waals surface area contributed by atoms with Gasteiger partial charge in [-0.3, -0.25) is 9.48 Å². The number of amides is 1. The molecule has 3 aromatic heterocycles. The van der Waals surface area contributed by atoms with E-state index >= 15 is 4.79 Å². The van der Waals surface area contributed by atoms with E-state index in [0.717, 1.165) is 71.8 Å². The van der Waals surface area contributed by atoms with E-state index in [0.29, 0.717) is 55.4 Å². The van der Waals surface area contributed by atoms with Crippen LogP contribution in [0.3, 0.4) is 0 Å². The highest BCUT2D eigenvalue weighted by Crippen LogP contribution is 2.42. The lowest BCUT2D eigenvalue weighted by Crippen LogP contribution is -2.32. The maximum Gasteiger partial charge on any atom is 0.335 e. The van der Waals surface area contributed by atoms with Gasteiger partial charge in [-0.1, -0.05) is 23.2 Å². The van der Waals surface area contributed by atoms with Gasteiger partial charge in [-0.05, 0) is 106 Å². The number of hydrogen-bond donors (Lipinski definition) is 1. The minimum atomic E-state index is -1.04. The number of carboxylic acid groups (broad SMARTS) is 1. The first-order valence-corrected chi connectivity index (χ1v) is 17.5. The van der Waals surface area contributed by atoms with Crippen molar-refractivity contribution in [1.29, 1.82) is 0 Å². The molecule has 11 heteroatoms. The summed E-state index contributed by atoms with van der Waals surface area (Å²) in [6.07, 6.45) is 3.76. The van der Waals surface area contributed by atoms with Crippen LogP contribution in [0.5, 0.6) is 5.75 Å². The van der Waals surface area contributed by atoms with E-state index < -0.39 is 5.97 Å². The zero-order chi connectivity index (χ0) is 35.6. The van der Waals surface area contributed by atoms with Gasteiger partial charge in [0, 0.05) is 71.0 Å². The highest BCUT2D eigenvalue weighted by molar-refractivity contribution is 6.32. The second kappa shape index (κ2) is 12.9. The zero-order valence-corrected chi connectivity index (χ0v) is 30.5. The quantitative estimate of drug-likeness (QED) is 0.159. The van der Waals surface area contributed by atoms with Gasteiger partial charge in [0.25, 0.3) is 5.91 Å². The van der Waals surface area contributed by atoms with Crippen LogP contribution in [0.1, 0.15) is 61.8 Å². The van der Waals surface area contributed by atoms with Crippen molar-refractivity contribution < 1.29 is 19.4 Å². The molecule has 0 unspecified atom stereocenters. The van der Waals surface area contributed by atoms with Crippen LogP contribution in [0.25, 0.3) is 32.9 Å². The molecule has 1 amide bonds. The van der Waals surface area contributed by atoms with E-state index in [-0.39, 0.29) is 11.5 Å². The molecule has 0 spiro atoms. The first kappa shape index (κ1) is 33.8. The number of rotatable bonds is 8. The van der Waals surface area contributed by atoms with Crippen molar-refractivity contribution in [3.05, 3.63) is 98.0 Å². The van der Waals surface area contributed by atoms with Gasteiger partial charge in [0.05, 0.1) is 34.6 Å². The van der Waals surface area contributed by atoms with Crippen molar-refractivity contribution in [2.75, 3.05) is 18.1 Å². The number of anilines is 1. The van der Waals surface area contributed by atoms with Gasteiger partial charge in [-0.15, -0.1) is 0 Å². The minimum Gasteiger partial charge on any atom is -0.494 e. The lowest BCUT2D eigenvalue weighted by Gasteiger charge is -2.23. The Hall–Kier alpha value is -4.73. The molecule has 7 rings (SSSR count). The molecule has 0 atom stereocenters. The van der Waals surface area contributed by atoms with Gasteiger partial charge in [-0.25, -0.2) is 4.79 Å². The third-order valence-corrected chi connectivity index (χ3v) is 10.8. The van der Waals surface area contributed by atoms with Crippen molar-refractivity contribution in [2.45, 2.75) is 53.5 Å². The molecule has 1 aliphatic rings. The lowest BCUT2D eigenvalue weighted by molar-refractivity contribution is 0.0696. The van der Waals surface area contributed by atoms with Crippen molar-refractivity contribution in [1.82, 2.24) is 18.9 Å². The fourth-order valence-electron chi connectivity index (χ4n) is 7.57. The molecule has 3 aromatic carbocycles. The largest absolute Gasteiger partial charge is 0.494 e. The summed E-state index contributed by atoms with van der Waals surface area (Å²) in [6, 6.07) is 13.0. The summed E-state index contributed by atoms with van der Waals surface area (Å²) in [5.41, 5.74) is 9.63. The van der Waals surface area contributed by atoms with Crippen molar-refractivity contribution in [3.63, 3.8) is 0 Å². The standard InChI is InChI=1S/C39H39Cl2N5O4/c1-21-15-27(16-22(2)35(21)41)50-14-7-9-28-30-19-26(40)20-31(34-23(3)42-44(6)24(34)4)36(30)46-12-8-11-45(38(47)37(28)46)33-18-25(39(48)49)17-32-29(33)10-13-43(32)5/h10,13,15-20H,7-9,11-12,14H2,1-6H3,(H,48,49). The van der Waals surface area contributed by atoms with Crippen LogP contribution in [0, 0.1) is 27.7 Å². The molecule has 9 nitrogen and oxygen atoms in total. The number of aromatic nitrogens is 4. The average Bonchev–Trinajstić information content (AvgIpc) is 3.63. The number of carbonyl (C=O) groups is 2. The summed E-state index contributed by atoms with van der Waals surface area (Å²) in [5.74, 6) is -0.461. The molecular formula is C39H39Cl2N5O4. The number of carbonyl (C=O) groups excluding carboxylic acids is 1. The summed E-state index contributed by atoms with van der Waals surface area (Å²) in [7, 11) is 3.80. The Morgan fingerprint density at radius 3 is 2.40 bits per heavy atom. The van der Waals surface area contributed by atoms with E-state index in [1.165, 1.54) is 0 Å². The molecule has 0 fully saturated rings. The molecule has 6 aromatic rings. The molecule has 0 aliphatic carbocycles. The number of carboxylic acids is 1. The normalized spacial score (nSPS) is 13.4. The maximum atomic E-state index is 15.0. The fourth-order valence-corrected chi connectivity index (χ4v) is 7.90. The Morgan fingerprint density at radius 2 is 1.72 bits per heavy atom. The summed E-state index contributed by atoms with van der Waals surface area (Å²) in [4.78, 5) is 29.0. The van der Waals surface area contributed by atoms with Gasteiger partial charge in [0.15, 0.2) is 0 Å². The van der Waals surface area contributed by atoms with Gasteiger partial charge in [-0.2, -0.15) is 5.10 Å². The Balaban J connectivity index is 1.38. The smallest absolute Gasteiger partial charge is 0.335 e. The van der Waals surface area contributed by atoms with Crippen LogP contribution in [-0.4, -0.2) is 49.0 Å². The fraction of sp³-hybridized carbons (Fsp3) is 0.308. The Kier molecular flexibility index (Phi) is 8.68. The van der Waals surface area contributed by atoms with Crippen LogP contribution in [-0.2, 0) is 27.1 Å². The molecule has 50 heavy (non-hydrogen) atoms. The molecule has 0 saturated carbocycles. The lowest BCUT2D eigenvalue weighted by atomic mass is 9.98. The van der Waals surface area contributed by atoms with E-state index in [1.54, 1.807) is 17.0 Å². The molecule has 0 bridgehead atoms. The number of aromatic carboxylic acids is 1. The van der Waals surface area contributed by atoms with Crippen LogP contribution in [0.4, 0.5) is 5.69 Å². The summed E-state index contributed by atoms with van der Waals surface area (Å²) in [5, 5.41) is 17.8. The number of benzene rings is 3. The Labute approximate surface area is 300 Å². The Morgan fingerprint density at radius 1 is 0.980 bits per heavy atom. The number of nitrogens with zero attached hydrogens (tertiary/aromatic N) is 5. The first-order valence-electron chi connectivity index (χ1n) is 16.7. The van der Waals surface area contributed by atoms with E-state index in [1.807, 2.05) is 87.6 Å². The van der Waals surface area contributed by atoms with Crippen LogP contribution in [0.2, 0.25) is 10.0 Å². The number of hydrogen-bond acceptors (Lipinski definition) is 4. The third kappa shape index (κ3) is 5.62. The number of ether oxygens (including phenoxy) is 1. The minimum absolute atomic E-state index is 0.133. The monoisotopic (exact) mass is 711 g/mol. The van der Waals surface area contributed by atoms with E-state index in [4.69, 9.17) is 33.0 Å². The molecule has 0 saturated heterocycles. The second-order valence-corrected chi connectivity index (χ2v) is 14.1. The van der Waals surface area contributed by atoms with Crippen LogP contribution < -0.4 is 9.64 Å². The number of fused-ring (bicyclic) bond motifs is 4. The summed E-state index contributed by atoms with van der Waals surface area (Å²) < 4.78 is 12.1. The SMILES string of the molecule is Cc1cc(OCCCc2c3n(c4c(-c5c(C)nn(C)c5C)cc(Cl)cc24)CCCN(c2cc(C(=O)O)cc4c2ccn4C)C3=O)cc(C)c1Cl. The van der Waals surface area contributed by atoms with Crippen molar-refractivity contribution in [3.8, 4) is 16.9 Å². The molecular weight excluding hydrogens is 673 g/mol. The predicted octanol–water partition coefficient (Wildman–Crippen LogP) is 8.83. The van der Waals surface area contributed by atoms with E-state index in [9.17, 15) is 9.90 Å². The molecule has 1 aliphatic heterocycles. The number of aryl methyl sites for hydroxylation is 7.